The van der Waals surface area contributed by atoms with E-state index < -0.39 is 6.10 Å². The highest BCUT2D eigenvalue weighted by molar-refractivity contribution is 5.71. The first-order valence-corrected chi connectivity index (χ1v) is 21.7. The molecule has 0 saturated heterocycles. The third-order valence-corrected chi connectivity index (χ3v) is 9.72. The van der Waals surface area contributed by atoms with Crippen LogP contribution in [0.25, 0.3) is 0 Å². The van der Waals surface area contributed by atoms with Crippen LogP contribution in [-0.2, 0) is 28.6 Å². The van der Waals surface area contributed by atoms with E-state index in [4.69, 9.17) is 14.2 Å². The van der Waals surface area contributed by atoms with Crippen LogP contribution in [0.4, 0.5) is 0 Å². The fraction of sp³-hybridized carbons (Fsp3) is 0.932. The Morgan fingerprint density at radius 2 is 0.660 bits per heavy atom. The molecule has 0 N–H and O–H groups in total. The number of rotatable bonds is 38. The van der Waals surface area contributed by atoms with E-state index in [1.807, 2.05) is 0 Å². The third kappa shape index (κ3) is 37.7. The summed E-state index contributed by atoms with van der Waals surface area (Å²) < 4.78 is 16.6. The SMILES string of the molecule is CCCCCCCCCC(=O)O[C@H](COC(=O)CCCCCCCCCCCCCCC(C)C)COC(=O)CCCCCCCCCC(C)C. The molecule has 0 amide bonds. The minimum atomic E-state index is -0.758. The summed E-state index contributed by atoms with van der Waals surface area (Å²) in [7, 11) is 0. The normalized spacial score (nSPS) is 12.1. The van der Waals surface area contributed by atoms with E-state index in [9.17, 15) is 14.4 Å². The highest BCUT2D eigenvalue weighted by Crippen LogP contribution is 2.16. The monoisotopic (exact) mass is 709 g/mol. The Morgan fingerprint density at radius 1 is 0.380 bits per heavy atom. The zero-order chi connectivity index (χ0) is 36.9. The molecule has 0 saturated carbocycles. The molecule has 296 valence electrons. The molecule has 0 heterocycles. The van der Waals surface area contributed by atoms with Crippen LogP contribution in [0.1, 0.15) is 234 Å². The molecule has 0 aliphatic heterocycles. The summed E-state index contributed by atoms with van der Waals surface area (Å²) in [6.07, 6.45) is 33.9. The average molecular weight is 709 g/mol. The second-order valence-corrected chi connectivity index (χ2v) is 15.9. The van der Waals surface area contributed by atoms with Crippen molar-refractivity contribution in [2.45, 2.75) is 240 Å². The van der Waals surface area contributed by atoms with Gasteiger partial charge >= 0.3 is 17.9 Å². The van der Waals surface area contributed by atoms with Crippen LogP contribution in [0, 0.1) is 11.8 Å². The van der Waals surface area contributed by atoms with Crippen LogP contribution in [0.2, 0.25) is 0 Å². The molecular weight excluding hydrogens is 624 g/mol. The zero-order valence-corrected chi connectivity index (χ0v) is 34.0. The van der Waals surface area contributed by atoms with Crippen molar-refractivity contribution in [2.24, 2.45) is 11.8 Å². The molecule has 0 aromatic heterocycles. The molecule has 1 atom stereocenters. The molecule has 0 unspecified atom stereocenters. The molecule has 0 spiro atoms. The van der Waals surface area contributed by atoms with Gasteiger partial charge in [-0.05, 0) is 31.1 Å². The molecule has 0 rings (SSSR count). The van der Waals surface area contributed by atoms with Crippen molar-refractivity contribution in [2.75, 3.05) is 13.2 Å². The van der Waals surface area contributed by atoms with Crippen molar-refractivity contribution in [3.8, 4) is 0 Å². The van der Waals surface area contributed by atoms with Crippen molar-refractivity contribution in [3.05, 3.63) is 0 Å². The summed E-state index contributed by atoms with van der Waals surface area (Å²) in [5.41, 5.74) is 0. The van der Waals surface area contributed by atoms with Gasteiger partial charge in [-0.1, -0.05) is 195 Å². The summed E-state index contributed by atoms with van der Waals surface area (Å²) in [6, 6.07) is 0. The maximum atomic E-state index is 12.6. The van der Waals surface area contributed by atoms with E-state index in [0.717, 1.165) is 69.6 Å². The molecule has 6 nitrogen and oxygen atoms in total. The molecule has 0 aromatic carbocycles. The highest BCUT2D eigenvalue weighted by Gasteiger charge is 2.19. The van der Waals surface area contributed by atoms with Crippen LogP contribution in [0.15, 0.2) is 0 Å². The smallest absolute Gasteiger partial charge is 0.306 e. The maximum absolute atomic E-state index is 12.6. The lowest BCUT2D eigenvalue weighted by atomic mass is 10.0. The maximum Gasteiger partial charge on any atom is 0.306 e. The summed E-state index contributed by atoms with van der Waals surface area (Å²) in [5, 5.41) is 0. The summed E-state index contributed by atoms with van der Waals surface area (Å²) >= 11 is 0. The number of esters is 3. The Bertz CT molecular complexity index is 764. The molecular formula is C44H84O6. The Kier molecular flexibility index (Phi) is 36.0. The lowest BCUT2D eigenvalue weighted by Gasteiger charge is -2.18. The number of hydrogen-bond donors (Lipinski definition) is 0. The van der Waals surface area contributed by atoms with Gasteiger partial charge in [0.2, 0.25) is 0 Å². The largest absolute Gasteiger partial charge is 0.462 e. The van der Waals surface area contributed by atoms with Gasteiger partial charge in [-0.2, -0.15) is 0 Å². The number of carbonyl (C=O) groups is 3. The summed E-state index contributed by atoms with van der Waals surface area (Å²) in [4.78, 5) is 37.5. The molecule has 0 aliphatic rings. The van der Waals surface area contributed by atoms with E-state index in [0.29, 0.717) is 19.3 Å². The van der Waals surface area contributed by atoms with Gasteiger partial charge in [0.05, 0.1) is 0 Å². The van der Waals surface area contributed by atoms with Crippen molar-refractivity contribution in [3.63, 3.8) is 0 Å². The van der Waals surface area contributed by atoms with E-state index >= 15 is 0 Å². The van der Waals surface area contributed by atoms with Gasteiger partial charge in [0.1, 0.15) is 13.2 Å². The number of hydrogen-bond acceptors (Lipinski definition) is 6. The number of unbranched alkanes of at least 4 members (excludes halogenated alkanes) is 23. The fourth-order valence-corrected chi connectivity index (χ4v) is 6.40. The van der Waals surface area contributed by atoms with Gasteiger partial charge in [0.25, 0.3) is 0 Å². The number of carbonyl (C=O) groups excluding carboxylic acids is 3. The first-order valence-electron chi connectivity index (χ1n) is 21.7. The molecule has 6 heteroatoms. The molecule has 0 aromatic rings. The predicted octanol–water partition coefficient (Wildman–Crippen LogP) is 13.4. The first-order chi connectivity index (χ1) is 24.2. The van der Waals surface area contributed by atoms with E-state index in [2.05, 4.69) is 34.6 Å². The Balaban J connectivity index is 4.24. The van der Waals surface area contributed by atoms with Gasteiger partial charge in [0, 0.05) is 19.3 Å². The predicted molar refractivity (Wildman–Crippen MR) is 210 cm³/mol. The Morgan fingerprint density at radius 3 is 0.980 bits per heavy atom. The van der Waals surface area contributed by atoms with Crippen LogP contribution in [0.3, 0.4) is 0 Å². The quantitative estimate of drug-likeness (QED) is 0.0361. The molecule has 0 bridgehead atoms. The summed E-state index contributed by atoms with van der Waals surface area (Å²) in [5.74, 6) is 0.746. The van der Waals surface area contributed by atoms with E-state index in [1.54, 1.807) is 0 Å². The standard InChI is InChI=1S/C44H84O6/c1-6-7-8-9-17-26-31-36-44(47)50-41(38-49-43(46)35-30-25-21-16-19-23-28-33-40(4)5)37-48-42(45)34-29-24-20-15-13-11-10-12-14-18-22-27-32-39(2)3/h39-41H,6-38H2,1-5H3/t41-/m1/s1. The average Bonchev–Trinajstić information content (AvgIpc) is 3.08. The minimum absolute atomic E-state index is 0.0661. The first kappa shape index (κ1) is 48.4. The van der Waals surface area contributed by atoms with Gasteiger partial charge in [0.15, 0.2) is 6.10 Å². The second-order valence-electron chi connectivity index (χ2n) is 15.9. The Labute approximate surface area is 310 Å². The second kappa shape index (κ2) is 37.2. The zero-order valence-electron chi connectivity index (χ0n) is 34.0. The van der Waals surface area contributed by atoms with Crippen molar-refractivity contribution in [1.29, 1.82) is 0 Å². The topological polar surface area (TPSA) is 78.9 Å². The van der Waals surface area contributed by atoms with E-state index in [1.165, 1.54) is 122 Å². The Hall–Kier alpha value is -1.59. The summed E-state index contributed by atoms with van der Waals surface area (Å²) in [6.45, 7) is 11.2. The lowest BCUT2D eigenvalue weighted by molar-refractivity contribution is -0.167. The van der Waals surface area contributed by atoms with Crippen LogP contribution < -0.4 is 0 Å². The van der Waals surface area contributed by atoms with Crippen LogP contribution in [0.5, 0.6) is 0 Å². The fourth-order valence-electron chi connectivity index (χ4n) is 6.40. The van der Waals surface area contributed by atoms with Crippen LogP contribution >= 0.6 is 0 Å². The van der Waals surface area contributed by atoms with Gasteiger partial charge in [-0.3, -0.25) is 14.4 Å². The molecule has 0 aliphatic carbocycles. The van der Waals surface area contributed by atoms with Crippen LogP contribution in [-0.4, -0.2) is 37.2 Å². The van der Waals surface area contributed by atoms with Gasteiger partial charge in [-0.15, -0.1) is 0 Å². The van der Waals surface area contributed by atoms with Gasteiger partial charge in [-0.25, -0.2) is 0 Å². The minimum Gasteiger partial charge on any atom is -0.462 e. The van der Waals surface area contributed by atoms with Crippen molar-refractivity contribution < 1.29 is 28.6 Å². The van der Waals surface area contributed by atoms with E-state index in [-0.39, 0.29) is 31.1 Å². The van der Waals surface area contributed by atoms with Gasteiger partial charge < -0.3 is 14.2 Å². The highest BCUT2D eigenvalue weighted by atomic mass is 16.6. The van der Waals surface area contributed by atoms with Crippen molar-refractivity contribution >= 4 is 17.9 Å². The molecule has 0 radical (unpaired) electrons. The third-order valence-electron chi connectivity index (χ3n) is 9.72. The lowest BCUT2D eigenvalue weighted by Crippen LogP contribution is -2.30. The van der Waals surface area contributed by atoms with Crippen molar-refractivity contribution in [1.82, 2.24) is 0 Å². The number of ether oxygens (including phenoxy) is 3. The molecule has 0 fully saturated rings. The molecule has 50 heavy (non-hydrogen) atoms.